The Bertz CT molecular complexity index is 1550. The molecular weight excluding hydrogens is 530 g/mol. The number of aromatic nitrogens is 3. The third-order valence-electron chi connectivity index (χ3n) is 4.97. The van der Waals surface area contributed by atoms with Crippen LogP contribution in [0.15, 0.2) is 59.8 Å². The Morgan fingerprint density at radius 1 is 1.09 bits per heavy atom. The highest BCUT2D eigenvalue weighted by Gasteiger charge is 2.33. The number of hydrogen-bond acceptors (Lipinski definition) is 6. The molecule has 0 radical (unpaired) electrons. The van der Waals surface area contributed by atoms with Crippen molar-refractivity contribution in [3.8, 4) is 22.4 Å². The Morgan fingerprint density at radius 2 is 1.74 bits per heavy atom. The van der Waals surface area contributed by atoms with Crippen molar-refractivity contribution in [3.63, 3.8) is 0 Å². The second-order valence-corrected chi connectivity index (χ2v) is 10.0. The van der Waals surface area contributed by atoms with Gasteiger partial charge in [0, 0.05) is 38.6 Å². The van der Waals surface area contributed by atoms with E-state index in [1.54, 1.807) is 24.3 Å². The number of rotatable bonds is 5. The lowest BCUT2D eigenvalue weighted by molar-refractivity contribution is -0.137. The fourth-order valence-electron chi connectivity index (χ4n) is 3.49. The molecule has 0 saturated heterocycles. The molecule has 0 aliphatic rings. The highest BCUT2D eigenvalue weighted by molar-refractivity contribution is 8.13. The maximum atomic E-state index is 13.1. The van der Waals surface area contributed by atoms with Gasteiger partial charge in [0.15, 0.2) is 5.65 Å². The van der Waals surface area contributed by atoms with Crippen LogP contribution >= 0.6 is 22.3 Å². The molecule has 35 heavy (non-hydrogen) atoms. The van der Waals surface area contributed by atoms with Crippen molar-refractivity contribution in [2.75, 3.05) is 6.61 Å². The zero-order chi connectivity index (χ0) is 25.5. The molecule has 2 heterocycles. The molecule has 0 unspecified atom stereocenters. The van der Waals surface area contributed by atoms with Gasteiger partial charge in [0.2, 0.25) is 5.03 Å². The second-order valence-electron chi connectivity index (χ2n) is 7.15. The van der Waals surface area contributed by atoms with Crippen LogP contribution in [0, 0.1) is 0 Å². The number of esters is 1. The molecule has 0 amide bonds. The van der Waals surface area contributed by atoms with E-state index in [9.17, 15) is 26.4 Å². The monoisotopic (exact) mass is 543 g/mol. The van der Waals surface area contributed by atoms with Gasteiger partial charge in [-0.15, -0.1) is 0 Å². The van der Waals surface area contributed by atoms with Crippen molar-refractivity contribution in [3.05, 3.63) is 70.9 Å². The van der Waals surface area contributed by atoms with E-state index in [0.29, 0.717) is 16.1 Å². The molecule has 0 fully saturated rings. The first-order valence-corrected chi connectivity index (χ1v) is 12.6. The van der Waals surface area contributed by atoms with Crippen molar-refractivity contribution < 1.29 is 31.1 Å². The minimum absolute atomic E-state index is 0.0680. The van der Waals surface area contributed by atoms with Gasteiger partial charge >= 0.3 is 12.1 Å². The van der Waals surface area contributed by atoms with Gasteiger partial charge in [0.1, 0.15) is 5.56 Å². The maximum absolute atomic E-state index is 13.1. The number of halogens is 5. The van der Waals surface area contributed by atoms with Crippen LogP contribution in [0.2, 0.25) is 5.02 Å². The summed E-state index contributed by atoms with van der Waals surface area (Å²) < 4.78 is 69.9. The van der Waals surface area contributed by atoms with E-state index in [2.05, 4.69) is 10.1 Å². The van der Waals surface area contributed by atoms with Crippen LogP contribution in [0.1, 0.15) is 22.8 Å². The fourth-order valence-corrected chi connectivity index (χ4v) is 4.65. The van der Waals surface area contributed by atoms with Crippen molar-refractivity contribution in [2.24, 2.45) is 0 Å². The molecule has 0 spiro atoms. The third kappa shape index (κ3) is 4.71. The molecule has 182 valence electrons. The van der Waals surface area contributed by atoms with Crippen LogP contribution in [0.4, 0.5) is 13.2 Å². The number of carbonyl (C=O) groups is 1. The van der Waals surface area contributed by atoms with Crippen molar-refractivity contribution in [1.29, 1.82) is 0 Å². The number of benzene rings is 2. The van der Waals surface area contributed by atoms with Gasteiger partial charge in [-0.3, -0.25) is 0 Å². The van der Waals surface area contributed by atoms with Crippen LogP contribution in [0.5, 0.6) is 0 Å². The third-order valence-corrected chi connectivity index (χ3v) is 6.49. The van der Waals surface area contributed by atoms with E-state index in [1.807, 2.05) is 0 Å². The first-order chi connectivity index (χ1) is 16.4. The summed E-state index contributed by atoms with van der Waals surface area (Å²) >= 11 is 6.36. The highest BCUT2D eigenvalue weighted by Crippen LogP contribution is 2.38. The average Bonchev–Trinajstić information content (AvgIpc) is 3.19. The van der Waals surface area contributed by atoms with Gasteiger partial charge in [0.25, 0.3) is 9.05 Å². The van der Waals surface area contributed by atoms with Crippen molar-refractivity contribution >= 4 is 43.0 Å². The van der Waals surface area contributed by atoms with Gasteiger partial charge in [-0.25, -0.2) is 22.7 Å². The Balaban J connectivity index is 2.12. The zero-order valence-corrected chi connectivity index (χ0v) is 20.0. The van der Waals surface area contributed by atoms with Gasteiger partial charge in [-0.2, -0.15) is 18.3 Å². The summed E-state index contributed by atoms with van der Waals surface area (Å²) in [7, 11) is 1.00. The summed E-state index contributed by atoms with van der Waals surface area (Å²) in [5.74, 6) is -1.03. The van der Waals surface area contributed by atoms with Crippen molar-refractivity contribution in [2.45, 2.75) is 18.1 Å². The summed E-state index contributed by atoms with van der Waals surface area (Å²) in [4.78, 5) is 16.8. The molecule has 4 rings (SSSR count). The number of hydrogen-bond donors (Lipinski definition) is 0. The lowest BCUT2D eigenvalue weighted by Crippen LogP contribution is -2.09. The fraction of sp³-hybridized carbons (Fsp3) is 0.136. The molecular formula is C22H14Cl2F3N3O4S. The van der Waals surface area contributed by atoms with Crippen LogP contribution in [0.25, 0.3) is 28.0 Å². The lowest BCUT2D eigenvalue weighted by atomic mass is 9.99. The number of ether oxygens (including phenoxy) is 1. The minimum atomic E-state index is -4.57. The first kappa shape index (κ1) is 25.0. The van der Waals surface area contributed by atoms with E-state index in [4.69, 9.17) is 27.0 Å². The maximum Gasteiger partial charge on any atom is 0.416 e. The zero-order valence-electron chi connectivity index (χ0n) is 17.7. The Labute approximate surface area is 206 Å². The molecule has 4 aromatic rings. The average molecular weight is 544 g/mol. The van der Waals surface area contributed by atoms with E-state index in [1.165, 1.54) is 25.3 Å². The lowest BCUT2D eigenvalue weighted by Gasteiger charge is -2.14. The predicted octanol–water partition coefficient (Wildman–Crippen LogP) is 5.84. The molecule has 2 aromatic heterocycles. The number of alkyl halides is 3. The number of carbonyl (C=O) groups excluding carboxylic acids is 1. The number of fused-ring (bicyclic) bond motifs is 1. The van der Waals surface area contributed by atoms with Gasteiger partial charge in [-0.1, -0.05) is 41.9 Å². The normalized spacial score (nSPS) is 12.2. The summed E-state index contributed by atoms with van der Waals surface area (Å²) in [6.45, 7) is 1.45. The topological polar surface area (TPSA) is 90.6 Å². The van der Waals surface area contributed by atoms with Crippen molar-refractivity contribution in [1.82, 2.24) is 14.6 Å². The Morgan fingerprint density at radius 3 is 2.31 bits per heavy atom. The smallest absolute Gasteiger partial charge is 0.416 e. The molecule has 7 nitrogen and oxygen atoms in total. The number of nitrogens with zero attached hydrogens (tertiary/aromatic N) is 3. The first-order valence-electron chi connectivity index (χ1n) is 9.89. The van der Waals surface area contributed by atoms with E-state index in [0.717, 1.165) is 16.6 Å². The van der Waals surface area contributed by atoms with Crippen LogP contribution in [0.3, 0.4) is 0 Å². The molecule has 0 bridgehead atoms. The van der Waals surface area contributed by atoms with E-state index < -0.39 is 37.3 Å². The van der Waals surface area contributed by atoms with Gasteiger partial charge in [-0.05, 0) is 25.1 Å². The predicted molar refractivity (Wildman–Crippen MR) is 123 cm³/mol. The molecule has 2 aromatic carbocycles. The Kier molecular flexibility index (Phi) is 6.52. The standard InChI is InChI=1S/C22H14Cl2F3N3O4S/c1-2-34-21(31)17-19-28-11-15(14-5-3-4-6-16(14)23)18(30(19)29-20(17)35(24,32)33)12-7-9-13(10-8-12)22(25,26)27/h3-11H,2H2,1H3. The molecule has 0 aliphatic heterocycles. The summed E-state index contributed by atoms with van der Waals surface area (Å²) in [6, 6.07) is 10.7. The molecule has 0 N–H and O–H groups in total. The largest absolute Gasteiger partial charge is 0.462 e. The summed E-state index contributed by atoms with van der Waals surface area (Å²) in [5.41, 5.74) is -0.483. The molecule has 13 heteroatoms. The Hall–Kier alpha value is -3.15. The summed E-state index contributed by atoms with van der Waals surface area (Å²) in [5, 5.41) is 3.52. The second kappa shape index (κ2) is 9.14. The van der Waals surface area contributed by atoms with Crippen LogP contribution in [-0.4, -0.2) is 35.6 Å². The summed E-state index contributed by atoms with van der Waals surface area (Å²) in [6.07, 6.45) is -3.25. The van der Waals surface area contributed by atoms with Gasteiger partial charge < -0.3 is 4.74 Å². The SMILES string of the molecule is CCOC(=O)c1c(S(=O)(=O)Cl)nn2c(-c3ccc(C(F)(F)F)cc3)c(-c3ccccc3Cl)cnc12. The molecule has 0 atom stereocenters. The molecule has 0 saturated carbocycles. The van der Waals surface area contributed by atoms with Crippen LogP contribution in [-0.2, 0) is 20.0 Å². The van der Waals surface area contributed by atoms with Crippen LogP contribution < -0.4 is 0 Å². The minimum Gasteiger partial charge on any atom is -0.462 e. The van der Waals surface area contributed by atoms with E-state index in [-0.39, 0.29) is 23.5 Å². The van der Waals surface area contributed by atoms with Gasteiger partial charge in [0.05, 0.1) is 17.9 Å². The van der Waals surface area contributed by atoms with E-state index >= 15 is 0 Å². The molecule has 0 aliphatic carbocycles. The highest BCUT2D eigenvalue weighted by atomic mass is 35.7. The quantitative estimate of drug-likeness (QED) is 0.232.